The van der Waals surface area contributed by atoms with E-state index in [1.165, 1.54) is 6.08 Å². The largest absolute Gasteiger partial charge is 0.481 e. The van der Waals surface area contributed by atoms with E-state index < -0.39 is 17.7 Å². The van der Waals surface area contributed by atoms with E-state index in [0.717, 1.165) is 11.1 Å². The highest BCUT2D eigenvalue weighted by atomic mass is 16.4. The van der Waals surface area contributed by atoms with Crippen molar-refractivity contribution in [1.29, 1.82) is 0 Å². The number of nitrogens with zero attached hydrogens (tertiary/aromatic N) is 1. The average molecular weight is 299 g/mol. The second-order valence-corrected chi connectivity index (χ2v) is 5.16. The summed E-state index contributed by atoms with van der Waals surface area (Å²) in [6.07, 6.45) is 3.67. The van der Waals surface area contributed by atoms with Gasteiger partial charge in [-0.25, -0.2) is 4.99 Å². The summed E-state index contributed by atoms with van der Waals surface area (Å²) in [4.78, 5) is 37.4. The van der Waals surface area contributed by atoms with Crippen LogP contribution in [0.1, 0.15) is 31.2 Å². The third-order valence-corrected chi connectivity index (χ3v) is 3.42. The highest BCUT2D eigenvalue weighted by molar-refractivity contribution is 6.45. The van der Waals surface area contributed by atoms with Gasteiger partial charge in [0.15, 0.2) is 0 Å². The lowest BCUT2D eigenvalue weighted by molar-refractivity contribution is -0.137. The van der Waals surface area contributed by atoms with Crippen LogP contribution >= 0.6 is 0 Å². The molecule has 1 N–H and O–H groups in total. The Morgan fingerprint density at radius 2 is 1.82 bits per heavy atom. The van der Waals surface area contributed by atoms with E-state index in [9.17, 15) is 14.4 Å². The van der Waals surface area contributed by atoms with Crippen molar-refractivity contribution < 1.29 is 19.5 Å². The molecule has 0 saturated heterocycles. The standard InChI is InChI=1S/C17H17NO4/c19-15-11-13(8-4-5-9-16(20)21)14(18-17(15)22)10-12-6-2-1-3-7-12/h1-3,6-7,11H,4-5,8-10H2,(H,20,21). The van der Waals surface area contributed by atoms with Gasteiger partial charge >= 0.3 is 11.9 Å². The van der Waals surface area contributed by atoms with E-state index in [2.05, 4.69) is 4.99 Å². The fourth-order valence-corrected chi connectivity index (χ4v) is 2.30. The van der Waals surface area contributed by atoms with Gasteiger partial charge in [0.2, 0.25) is 5.78 Å². The maximum Gasteiger partial charge on any atom is 0.317 e. The summed E-state index contributed by atoms with van der Waals surface area (Å²) in [5.41, 5.74) is 2.35. The summed E-state index contributed by atoms with van der Waals surface area (Å²) in [5, 5.41) is 8.64. The first-order valence-corrected chi connectivity index (χ1v) is 7.19. The number of dihydropyridines is 1. The number of ketones is 1. The lowest BCUT2D eigenvalue weighted by atomic mass is 9.94. The quantitative estimate of drug-likeness (QED) is 0.618. The number of unbranched alkanes of at least 4 members (excludes halogenated alkanes) is 1. The third-order valence-electron chi connectivity index (χ3n) is 3.42. The molecule has 1 aromatic rings. The van der Waals surface area contributed by atoms with Gasteiger partial charge in [-0.2, -0.15) is 0 Å². The minimum atomic E-state index is -0.831. The summed E-state index contributed by atoms with van der Waals surface area (Å²) in [6.45, 7) is 0. The van der Waals surface area contributed by atoms with Crippen LogP contribution in [0.15, 0.2) is 47.0 Å². The smallest absolute Gasteiger partial charge is 0.317 e. The van der Waals surface area contributed by atoms with Gasteiger partial charge in [-0.1, -0.05) is 30.3 Å². The van der Waals surface area contributed by atoms with Crippen LogP contribution in [0.2, 0.25) is 0 Å². The molecule has 1 heterocycles. The second kappa shape index (κ2) is 7.45. The Bertz CT molecular complexity index is 644. The maximum atomic E-state index is 11.5. The molecule has 1 amide bonds. The van der Waals surface area contributed by atoms with Gasteiger partial charge in [0.25, 0.3) is 0 Å². The molecule has 0 aromatic heterocycles. The number of carbonyl (C=O) groups is 3. The van der Waals surface area contributed by atoms with E-state index in [-0.39, 0.29) is 6.42 Å². The highest BCUT2D eigenvalue weighted by Crippen LogP contribution is 2.18. The van der Waals surface area contributed by atoms with Crippen molar-refractivity contribution in [2.24, 2.45) is 4.99 Å². The number of carbonyl (C=O) groups excluding carboxylic acids is 2. The monoisotopic (exact) mass is 299 g/mol. The number of rotatable bonds is 7. The molecular weight excluding hydrogens is 282 g/mol. The molecule has 0 saturated carbocycles. The van der Waals surface area contributed by atoms with Crippen LogP contribution in [-0.4, -0.2) is 28.5 Å². The van der Waals surface area contributed by atoms with Gasteiger partial charge in [0.1, 0.15) is 0 Å². The molecule has 0 atom stereocenters. The summed E-state index contributed by atoms with van der Waals surface area (Å²) in [6, 6.07) is 9.59. The number of aliphatic carboxylic acids is 1. The zero-order valence-electron chi connectivity index (χ0n) is 12.1. The molecule has 1 aliphatic rings. The number of hydrogen-bond donors (Lipinski definition) is 1. The normalized spacial score (nSPS) is 14.5. The molecule has 0 fully saturated rings. The van der Waals surface area contributed by atoms with Crippen molar-refractivity contribution in [3.05, 3.63) is 47.5 Å². The fraction of sp³-hybridized carbons (Fsp3) is 0.294. The van der Waals surface area contributed by atoms with Gasteiger partial charge in [-0.15, -0.1) is 0 Å². The predicted octanol–water partition coefficient (Wildman–Crippen LogP) is 2.35. The van der Waals surface area contributed by atoms with Crippen molar-refractivity contribution in [1.82, 2.24) is 0 Å². The molecule has 0 spiro atoms. The lowest BCUT2D eigenvalue weighted by Gasteiger charge is -2.14. The molecule has 114 valence electrons. The van der Waals surface area contributed by atoms with E-state index in [1.807, 2.05) is 30.3 Å². The molecule has 5 nitrogen and oxygen atoms in total. The van der Waals surface area contributed by atoms with E-state index in [0.29, 0.717) is 31.4 Å². The molecule has 0 unspecified atom stereocenters. The Morgan fingerprint density at radius 3 is 2.50 bits per heavy atom. The van der Waals surface area contributed by atoms with E-state index in [4.69, 9.17) is 5.11 Å². The van der Waals surface area contributed by atoms with Crippen molar-refractivity contribution in [2.75, 3.05) is 0 Å². The molecule has 0 radical (unpaired) electrons. The van der Waals surface area contributed by atoms with Gasteiger partial charge in [0.05, 0.1) is 5.71 Å². The number of amides is 1. The van der Waals surface area contributed by atoms with E-state index in [1.54, 1.807) is 0 Å². The Hall–Kier alpha value is -2.56. The predicted molar refractivity (Wildman–Crippen MR) is 81.8 cm³/mol. The van der Waals surface area contributed by atoms with Crippen molar-refractivity contribution in [2.45, 2.75) is 32.1 Å². The molecule has 1 aromatic carbocycles. The number of carboxylic acid groups (broad SMARTS) is 1. The molecule has 5 heteroatoms. The topological polar surface area (TPSA) is 83.8 Å². The van der Waals surface area contributed by atoms with Crippen molar-refractivity contribution in [3.63, 3.8) is 0 Å². The van der Waals surface area contributed by atoms with Gasteiger partial charge in [-0.3, -0.25) is 14.4 Å². The van der Waals surface area contributed by atoms with Gasteiger partial charge < -0.3 is 5.11 Å². The van der Waals surface area contributed by atoms with E-state index >= 15 is 0 Å². The Morgan fingerprint density at radius 1 is 1.09 bits per heavy atom. The maximum absolute atomic E-state index is 11.5. The fourth-order valence-electron chi connectivity index (χ4n) is 2.30. The molecule has 0 aliphatic carbocycles. The third kappa shape index (κ3) is 4.48. The average Bonchev–Trinajstić information content (AvgIpc) is 2.49. The SMILES string of the molecule is O=C(O)CCCCC1=CC(=O)C(=O)N=C1Cc1ccccc1. The van der Waals surface area contributed by atoms with Crippen LogP contribution in [0, 0.1) is 0 Å². The van der Waals surface area contributed by atoms with Crippen LogP contribution in [-0.2, 0) is 20.8 Å². The minimum absolute atomic E-state index is 0.102. The highest BCUT2D eigenvalue weighted by Gasteiger charge is 2.21. The lowest BCUT2D eigenvalue weighted by Crippen LogP contribution is -2.21. The Balaban J connectivity index is 2.05. The number of aliphatic imine (C=N–C) groups is 1. The number of allylic oxidation sites excluding steroid dienone is 1. The molecule has 0 bridgehead atoms. The summed E-state index contributed by atoms with van der Waals surface area (Å²) in [7, 11) is 0. The van der Waals surface area contributed by atoms with Crippen LogP contribution in [0.4, 0.5) is 0 Å². The van der Waals surface area contributed by atoms with Crippen LogP contribution < -0.4 is 0 Å². The number of hydrogen-bond acceptors (Lipinski definition) is 3. The Kier molecular flexibility index (Phi) is 5.36. The summed E-state index contributed by atoms with van der Waals surface area (Å²) >= 11 is 0. The number of carboxylic acids is 1. The van der Waals surface area contributed by atoms with Gasteiger partial charge in [0, 0.05) is 12.8 Å². The summed E-state index contributed by atoms with van der Waals surface area (Å²) in [5.74, 6) is -2.17. The molecule has 1 aliphatic heterocycles. The molecule has 22 heavy (non-hydrogen) atoms. The van der Waals surface area contributed by atoms with Crippen LogP contribution in [0.3, 0.4) is 0 Å². The summed E-state index contributed by atoms with van der Waals surface area (Å²) < 4.78 is 0. The molecule has 2 rings (SSSR count). The second-order valence-electron chi connectivity index (χ2n) is 5.16. The van der Waals surface area contributed by atoms with Crippen LogP contribution in [0.5, 0.6) is 0 Å². The minimum Gasteiger partial charge on any atom is -0.481 e. The van der Waals surface area contributed by atoms with Gasteiger partial charge in [-0.05, 0) is 36.5 Å². The zero-order valence-corrected chi connectivity index (χ0v) is 12.1. The first kappa shape index (κ1) is 15.8. The molecular formula is C17H17NO4. The van der Waals surface area contributed by atoms with Crippen molar-refractivity contribution >= 4 is 23.4 Å². The van der Waals surface area contributed by atoms with Crippen molar-refractivity contribution in [3.8, 4) is 0 Å². The first-order chi connectivity index (χ1) is 10.6. The first-order valence-electron chi connectivity index (χ1n) is 7.19. The zero-order chi connectivity index (χ0) is 15.9. The van der Waals surface area contributed by atoms with Crippen LogP contribution in [0.25, 0.3) is 0 Å². The number of benzene rings is 1. The Labute approximate surface area is 128 Å².